The highest BCUT2D eigenvalue weighted by molar-refractivity contribution is 8.23. The third-order valence-electron chi connectivity index (χ3n) is 6.42. The fourth-order valence-corrected chi connectivity index (χ4v) is 5.47. The first-order valence-corrected chi connectivity index (χ1v) is 13.6. The third kappa shape index (κ3) is 4.67. The number of nitrogens with one attached hydrogen (secondary N) is 4. The van der Waals surface area contributed by atoms with Crippen LogP contribution in [0.4, 0.5) is 17.6 Å². The van der Waals surface area contributed by atoms with E-state index >= 15 is 0 Å². The number of aromatic hydroxyl groups is 1. The highest BCUT2D eigenvalue weighted by atomic mass is 32.3. The van der Waals surface area contributed by atoms with Gasteiger partial charge >= 0.3 is 0 Å². The van der Waals surface area contributed by atoms with Gasteiger partial charge in [-0.3, -0.25) is 38.0 Å². The molecular formula is C20H24N12O9S. The van der Waals surface area contributed by atoms with Crippen molar-refractivity contribution in [3.63, 3.8) is 0 Å². The Hall–Kier alpha value is -4.71. The zero-order chi connectivity index (χ0) is 29.9. The van der Waals surface area contributed by atoms with E-state index in [4.69, 9.17) is 20.6 Å². The summed E-state index contributed by atoms with van der Waals surface area (Å²) in [7, 11) is -3.96. The molecule has 42 heavy (non-hydrogen) atoms. The lowest BCUT2D eigenvalue weighted by atomic mass is 10.2. The smallest absolute Gasteiger partial charge is 0.280 e. The molecule has 1 saturated heterocycles. The predicted octanol–water partition coefficient (Wildman–Crippen LogP) is -1.57. The van der Waals surface area contributed by atoms with Crippen molar-refractivity contribution in [1.82, 2.24) is 43.8 Å². The lowest BCUT2D eigenvalue weighted by Crippen LogP contribution is -2.37. The Morgan fingerprint density at radius 2 is 1.71 bits per heavy atom. The van der Waals surface area contributed by atoms with Crippen LogP contribution >= 0.6 is 11.0 Å². The summed E-state index contributed by atoms with van der Waals surface area (Å²) in [4.78, 5) is 44.7. The number of hydrogen-bond donors (Lipinski definition) is 11. The fourth-order valence-electron chi connectivity index (χ4n) is 4.51. The number of ether oxygens (including phenoxy) is 1. The van der Waals surface area contributed by atoms with Crippen molar-refractivity contribution < 1.29 is 33.6 Å². The van der Waals surface area contributed by atoms with Gasteiger partial charge in [0.1, 0.15) is 31.0 Å². The normalized spacial score (nSPS) is 19.7. The van der Waals surface area contributed by atoms with E-state index in [1.54, 1.807) is 0 Å². The summed E-state index contributed by atoms with van der Waals surface area (Å²) in [6.45, 7) is -1.07. The largest absolute Gasteiger partial charge is 0.502 e. The molecule has 5 aromatic rings. The van der Waals surface area contributed by atoms with Crippen LogP contribution in [0.5, 0.6) is 5.75 Å². The monoisotopic (exact) mass is 608 g/mol. The third-order valence-corrected chi connectivity index (χ3v) is 7.48. The van der Waals surface area contributed by atoms with Crippen LogP contribution in [-0.2, 0) is 11.3 Å². The van der Waals surface area contributed by atoms with Gasteiger partial charge in [0.25, 0.3) is 17.0 Å². The van der Waals surface area contributed by atoms with Crippen molar-refractivity contribution in [3.05, 3.63) is 39.1 Å². The summed E-state index contributed by atoms with van der Waals surface area (Å²) in [5, 5.41) is 31.2. The van der Waals surface area contributed by atoms with Gasteiger partial charge in [-0.05, 0) is 0 Å². The second-order valence-electron chi connectivity index (χ2n) is 9.16. The molecule has 0 amide bonds. The summed E-state index contributed by atoms with van der Waals surface area (Å²) >= 11 is 0. The van der Waals surface area contributed by atoms with Crippen LogP contribution < -0.4 is 32.0 Å². The van der Waals surface area contributed by atoms with Crippen molar-refractivity contribution in [1.29, 1.82) is 0 Å². The molecule has 0 radical (unpaired) electrons. The number of rotatable bonds is 8. The molecule has 0 bridgehead atoms. The molecule has 5 aromatic heterocycles. The summed E-state index contributed by atoms with van der Waals surface area (Å²) in [5.74, 6) is -1.68. The number of fused-ring (bicyclic) bond motifs is 2. The lowest BCUT2D eigenvalue weighted by molar-refractivity contribution is -0.0135. The van der Waals surface area contributed by atoms with Crippen molar-refractivity contribution in [3.8, 4) is 11.6 Å². The van der Waals surface area contributed by atoms with Crippen LogP contribution in [0.25, 0.3) is 28.2 Å². The van der Waals surface area contributed by atoms with E-state index in [2.05, 4.69) is 39.3 Å². The van der Waals surface area contributed by atoms with E-state index < -0.39 is 52.9 Å². The minimum absolute atomic E-state index is 0.0240. The number of nitrogen functional groups attached to an aromatic ring is 2. The fraction of sp³-hybridized carbons (Fsp3) is 0.300. The molecule has 21 nitrogen and oxygen atoms in total. The predicted molar refractivity (Wildman–Crippen MR) is 145 cm³/mol. The molecule has 13 N–H and O–H groups in total. The number of furan rings is 1. The molecular weight excluding hydrogens is 584 g/mol. The lowest BCUT2D eigenvalue weighted by Gasteiger charge is -2.34. The van der Waals surface area contributed by atoms with E-state index in [1.165, 1.54) is 10.9 Å². The quantitative estimate of drug-likeness (QED) is 0.0947. The van der Waals surface area contributed by atoms with E-state index in [-0.39, 0.29) is 64.5 Å². The van der Waals surface area contributed by atoms with E-state index in [1.807, 2.05) is 0 Å². The maximum atomic E-state index is 12.1. The number of aliphatic hydroxyl groups is 2. The van der Waals surface area contributed by atoms with E-state index in [0.29, 0.717) is 0 Å². The first-order valence-electron chi connectivity index (χ1n) is 12.0. The molecule has 0 saturated carbocycles. The van der Waals surface area contributed by atoms with Crippen LogP contribution in [-0.4, -0.2) is 82.2 Å². The molecule has 224 valence electrons. The number of aliphatic hydroxyl groups excluding tert-OH is 2. The van der Waals surface area contributed by atoms with Crippen LogP contribution in [0.3, 0.4) is 0 Å². The minimum Gasteiger partial charge on any atom is -0.502 e. The second kappa shape index (κ2) is 9.98. The first kappa shape index (κ1) is 27.5. The summed E-state index contributed by atoms with van der Waals surface area (Å²) in [6, 6.07) is 0. The molecule has 6 heterocycles. The number of imidazole rings is 2. The highest BCUT2D eigenvalue weighted by Gasteiger charge is 2.37. The van der Waals surface area contributed by atoms with Gasteiger partial charge in [-0.2, -0.15) is 14.7 Å². The maximum absolute atomic E-state index is 12.1. The SMILES string of the molecule is Nc1nc2c(ncn2-c2oc(CO)c(NS(O)(O)NC[C@H]3O[C@@H](n4cnc5c(=O)[nH]c(N)nc54)C[C@@H]3O)c2O)c(=O)[nH]1. The minimum atomic E-state index is -3.96. The Morgan fingerprint density at radius 3 is 2.40 bits per heavy atom. The van der Waals surface area contributed by atoms with E-state index in [0.717, 1.165) is 10.9 Å². The molecule has 0 aromatic carbocycles. The number of aromatic nitrogens is 8. The summed E-state index contributed by atoms with van der Waals surface area (Å²) in [6.07, 6.45) is -0.355. The highest BCUT2D eigenvalue weighted by Crippen LogP contribution is 2.45. The molecule has 1 fully saturated rings. The molecule has 3 atom stereocenters. The number of hydrogen-bond acceptors (Lipinski definition) is 17. The Labute approximate surface area is 233 Å². The van der Waals surface area contributed by atoms with Crippen LogP contribution in [0.15, 0.2) is 26.7 Å². The first-order chi connectivity index (χ1) is 20.0. The van der Waals surface area contributed by atoms with Crippen molar-refractivity contribution >= 4 is 50.9 Å². The van der Waals surface area contributed by atoms with Crippen molar-refractivity contribution in [2.45, 2.75) is 31.5 Å². The van der Waals surface area contributed by atoms with Crippen molar-refractivity contribution in [2.24, 2.45) is 0 Å². The van der Waals surface area contributed by atoms with Crippen LogP contribution in [0.2, 0.25) is 0 Å². The van der Waals surface area contributed by atoms with Crippen molar-refractivity contribution in [2.75, 3.05) is 22.7 Å². The zero-order valence-electron chi connectivity index (χ0n) is 21.1. The average Bonchev–Trinajstić information content (AvgIpc) is 3.68. The van der Waals surface area contributed by atoms with Gasteiger partial charge in [0, 0.05) is 13.0 Å². The summed E-state index contributed by atoms with van der Waals surface area (Å²) in [5.41, 5.74) is 9.63. The number of nitrogens with zero attached hydrogens (tertiary/aromatic N) is 6. The van der Waals surface area contributed by atoms with Crippen LogP contribution in [0.1, 0.15) is 18.4 Å². The number of nitrogens with two attached hydrogens (primary N) is 2. The Balaban J connectivity index is 1.19. The Bertz CT molecular complexity index is 1930. The standard InChI is InChI=1S/C20H24N12O9S/c21-19-26-14-11(16(36)28-19)23-4-31(14)9-1-6(34)7(40-9)2-25-42(38,39)30-10-8(3-33)41-18(13(10)35)32-5-24-12-15(32)27-20(22)29-17(12)37/h4-7,9,25,30,33-35,38-39H,1-3H2,(H3,21,26,28,36)(H3,22,27,29,37)/t6-,7+,9+/m0/s1. The number of H-pyrrole nitrogens is 2. The molecule has 6 rings (SSSR count). The van der Waals surface area contributed by atoms with Gasteiger partial charge in [0.05, 0.1) is 12.4 Å². The zero-order valence-corrected chi connectivity index (χ0v) is 21.9. The van der Waals surface area contributed by atoms with Gasteiger partial charge in [-0.1, -0.05) is 11.0 Å². The number of aromatic amines is 2. The average molecular weight is 609 g/mol. The van der Waals surface area contributed by atoms with Gasteiger partial charge in [0.2, 0.25) is 17.6 Å². The Kier molecular flexibility index (Phi) is 6.53. The second-order valence-corrected chi connectivity index (χ2v) is 10.7. The van der Waals surface area contributed by atoms with E-state index in [9.17, 15) is 34.0 Å². The maximum Gasteiger partial charge on any atom is 0.280 e. The van der Waals surface area contributed by atoms with Gasteiger partial charge in [0.15, 0.2) is 28.1 Å². The Morgan fingerprint density at radius 1 is 1.07 bits per heavy atom. The molecule has 1 aliphatic heterocycles. The summed E-state index contributed by atoms with van der Waals surface area (Å²) < 4.78 is 39.9. The molecule has 0 spiro atoms. The number of anilines is 3. The van der Waals surface area contributed by atoms with Gasteiger partial charge < -0.3 is 35.9 Å². The molecule has 0 aliphatic carbocycles. The van der Waals surface area contributed by atoms with Gasteiger partial charge in [-0.15, -0.1) is 0 Å². The molecule has 1 aliphatic rings. The van der Waals surface area contributed by atoms with Crippen LogP contribution in [0, 0.1) is 0 Å². The molecule has 22 heteroatoms. The topological polar surface area (TPSA) is 327 Å². The molecule has 0 unspecified atom stereocenters. The van der Waals surface area contributed by atoms with Gasteiger partial charge in [-0.25, -0.2) is 14.5 Å².